The van der Waals surface area contributed by atoms with E-state index in [1.165, 1.54) is 18.2 Å². The van der Waals surface area contributed by atoms with Crippen molar-refractivity contribution in [3.63, 3.8) is 0 Å². The van der Waals surface area contributed by atoms with Gasteiger partial charge in [-0.05, 0) is 66.7 Å². The SMILES string of the molecule is COC(=O)C(CNC(=O)OC(C)(C)C)(Cc1ccc(C(C)(C)C)cc1)Cc1ccc(C(C)(C)C)cc1. The quantitative estimate of drug-likeness (QED) is 0.432. The number of carbonyl (C=O) groups excluding carboxylic acids is 2. The molecule has 198 valence electrons. The van der Waals surface area contributed by atoms with Crippen LogP contribution in [0.1, 0.15) is 84.6 Å². The minimum atomic E-state index is -1.00. The summed E-state index contributed by atoms with van der Waals surface area (Å²) in [6.45, 7) is 18.6. The average Bonchev–Trinajstić information content (AvgIpc) is 2.75. The van der Waals surface area contributed by atoms with Crippen LogP contribution in [-0.4, -0.2) is 31.3 Å². The molecule has 2 aromatic rings. The summed E-state index contributed by atoms with van der Waals surface area (Å²) in [4.78, 5) is 25.9. The van der Waals surface area contributed by atoms with Crippen LogP contribution in [-0.2, 0) is 37.9 Å². The van der Waals surface area contributed by atoms with E-state index in [0.717, 1.165) is 11.1 Å². The van der Waals surface area contributed by atoms with Gasteiger partial charge in [0.25, 0.3) is 0 Å². The Morgan fingerprint density at radius 2 is 1.08 bits per heavy atom. The lowest BCUT2D eigenvalue weighted by Crippen LogP contribution is -2.48. The predicted octanol–water partition coefficient (Wildman–Crippen LogP) is 6.75. The van der Waals surface area contributed by atoms with E-state index in [2.05, 4.69) is 95.4 Å². The van der Waals surface area contributed by atoms with Crippen LogP contribution in [0.3, 0.4) is 0 Å². The van der Waals surface area contributed by atoms with Gasteiger partial charge in [0.05, 0.1) is 12.5 Å². The molecule has 0 heterocycles. The second-order valence-corrected chi connectivity index (χ2v) is 12.9. The van der Waals surface area contributed by atoms with Gasteiger partial charge >= 0.3 is 12.1 Å². The van der Waals surface area contributed by atoms with E-state index in [9.17, 15) is 9.59 Å². The average molecular weight is 496 g/mol. The maximum absolute atomic E-state index is 13.4. The normalized spacial score (nSPS) is 12.7. The van der Waals surface area contributed by atoms with Crippen LogP contribution in [0.5, 0.6) is 0 Å². The fourth-order valence-corrected chi connectivity index (χ4v) is 4.20. The van der Waals surface area contributed by atoms with Crippen molar-refractivity contribution in [3.8, 4) is 0 Å². The fraction of sp³-hybridized carbons (Fsp3) is 0.548. The number of nitrogens with one attached hydrogen (secondary N) is 1. The van der Waals surface area contributed by atoms with Crippen LogP contribution in [0.25, 0.3) is 0 Å². The molecule has 1 amide bonds. The van der Waals surface area contributed by atoms with Crippen LogP contribution < -0.4 is 5.32 Å². The van der Waals surface area contributed by atoms with Crippen LogP contribution in [0.4, 0.5) is 4.79 Å². The Morgan fingerprint density at radius 3 is 1.39 bits per heavy atom. The fourth-order valence-electron chi connectivity index (χ4n) is 4.20. The number of benzene rings is 2. The molecule has 2 aromatic carbocycles. The summed E-state index contributed by atoms with van der Waals surface area (Å²) in [5, 5.41) is 2.85. The molecule has 0 spiro atoms. The van der Waals surface area contributed by atoms with Crippen LogP contribution in [0.15, 0.2) is 48.5 Å². The highest BCUT2D eigenvalue weighted by atomic mass is 16.6. The molecule has 5 heteroatoms. The van der Waals surface area contributed by atoms with Crippen molar-refractivity contribution in [2.75, 3.05) is 13.7 Å². The number of methoxy groups -OCH3 is 1. The van der Waals surface area contributed by atoms with E-state index in [4.69, 9.17) is 9.47 Å². The topological polar surface area (TPSA) is 64.6 Å². The second kappa shape index (κ2) is 11.1. The van der Waals surface area contributed by atoms with E-state index in [-0.39, 0.29) is 23.3 Å². The number of rotatable bonds is 7. The first-order valence-electron chi connectivity index (χ1n) is 12.7. The van der Waals surface area contributed by atoms with Gasteiger partial charge in [-0.25, -0.2) is 4.79 Å². The Bertz CT molecular complexity index is 957. The molecule has 0 aliphatic heterocycles. The maximum atomic E-state index is 13.4. The lowest BCUT2D eigenvalue weighted by Gasteiger charge is -2.32. The van der Waals surface area contributed by atoms with E-state index < -0.39 is 17.1 Å². The molecule has 0 saturated heterocycles. The standard InChI is InChI=1S/C31H45NO4/c1-28(2,3)24-15-11-22(12-16-24)19-31(26(33)35-10,21-32-27(34)36-30(7,8)9)20-23-13-17-25(18-14-23)29(4,5)6/h11-18H,19-21H2,1-10H3,(H,32,34). The maximum Gasteiger partial charge on any atom is 0.407 e. The lowest BCUT2D eigenvalue weighted by atomic mass is 9.75. The molecule has 0 bridgehead atoms. The summed E-state index contributed by atoms with van der Waals surface area (Å²) in [6, 6.07) is 16.7. The molecular formula is C31H45NO4. The van der Waals surface area contributed by atoms with Crippen molar-refractivity contribution in [1.29, 1.82) is 0 Å². The Hall–Kier alpha value is -2.82. The molecule has 0 aliphatic rings. The van der Waals surface area contributed by atoms with Crippen molar-refractivity contribution in [2.24, 2.45) is 5.41 Å². The summed E-state index contributed by atoms with van der Waals surface area (Å²) in [5.74, 6) is -0.363. The summed E-state index contributed by atoms with van der Waals surface area (Å²) < 4.78 is 10.8. The van der Waals surface area contributed by atoms with Gasteiger partial charge in [-0.15, -0.1) is 0 Å². The Kier molecular flexibility index (Phi) is 9.04. The molecular weight excluding hydrogens is 450 g/mol. The number of alkyl carbamates (subject to hydrolysis) is 1. The molecule has 0 radical (unpaired) electrons. The van der Waals surface area contributed by atoms with Gasteiger partial charge < -0.3 is 14.8 Å². The van der Waals surface area contributed by atoms with Gasteiger partial charge in [-0.3, -0.25) is 4.79 Å². The van der Waals surface area contributed by atoms with Crippen molar-refractivity contribution in [1.82, 2.24) is 5.32 Å². The zero-order valence-corrected chi connectivity index (χ0v) is 23.9. The van der Waals surface area contributed by atoms with Crippen LogP contribution in [0, 0.1) is 5.41 Å². The highest BCUT2D eigenvalue weighted by molar-refractivity contribution is 5.79. The molecule has 2 rings (SSSR count). The lowest BCUT2D eigenvalue weighted by molar-refractivity contribution is -0.152. The third-order valence-electron chi connectivity index (χ3n) is 6.31. The number of amides is 1. The Balaban J connectivity index is 2.44. The summed E-state index contributed by atoms with van der Waals surface area (Å²) >= 11 is 0. The molecule has 36 heavy (non-hydrogen) atoms. The predicted molar refractivity (Wildman–Crippen MR) is 146 cm³/mol. The second-order valence-electron chi connectivity index (χ2n) is 12.9. The highest BCUT2D eigenvalue weighted by Crippen LogP contribution is 2.32. The monoisotopic (exact) mass is 495 g/mol. The number of carbonyl (C=O) groups is 2. The van der Waals surface area contributed by atoms with Gasteiger partial charge in [-0.1, -0.05) is 90.1 Å². The van der Waals surface area contributed by atoms with Gasteiger partial charge in [0.1, 0.15) is 5.60 Å². The first-order chi connectivity index (χ1) is 16.4. The molecule has 1 N–H and O–H groups in total. The van der Waals surface area contributed by atoms with E-state index >= 15 is 0 Å². The first kappa shape index (κ1) is 29.4. The van der Waals surface area contributed by atoms with Crippen molar-refractivity contribution < 1.29 is 19.1 Å². The minimum Gasteiger partial charge on any atom is -0.469 e. The van der Waals surface area contributed by atoms with E-state index in [0.29, 0.717) is 12.8 Å². The van der Waals surface area contributed by atoms with Gasteiger partial charge in [-0.2, -0.15) is 0 Å². The van der Waals surface area contributed by atoms with Crippen LogP contribution in [0.2, 0.25) is 0 Å². The third kappa shape index (κ3) is 8.39. The van der Waals surface area contributed by atoms with Gasteiger partial charge in [0.2, 0.25) is 0 Å². The van der Waals surface area contributed by atoms with Crippen LogP contribution >= 0.6 is 0 Å². The van der Waals surface area contributed by atoms with Gasteiger partial charge in [0.15, 0.2) is 0 Å². The largest absolute Gasteiger partial charge is 0.469 e. The summed E-state index contributed by atoms with van der Waals surface area (Å²) in [5.41, 5.74) is 2.88. The highest BCUT2D eigenvalue weighted by Gasteiger charge is 2.41. The number of hydrogen-bond acceptors (Lipinski definition) is 4. The molecule has 0 aliphatic carbocycles. The smallest absolute Gasteiger partial charge is 0.407 e. The number of esters is 1. The first-order valence-corrected chi connectivity index (χ1v) is 12.7. The van der Waals surface area contributed by atoms with E-state index in [1.54, 1.807) is 0 Å². The molecule has 0 saturated carbocycles. The molecule has 5 nitrogen and oxygen atoms in total. The Morgan fingerprint density at radius 1 is 0.694 bits per heavy atom. The zero-order valence-electron chi connectivity index (χ0n) is 23.9. The van der Waals surface area contributed by atoms with Crippen molar-refractivity contribution in [2.45, 2.75) is 91.6 Å². The summed E-state index contributed by atoms with van der Waals surface area (Å²) in [6.07, 6.45) is 0.281. The summed E-state index contributed by atoms with van der Waals surface area (Å²) in [7, 11) is 1.40. The third-order valence-corrected chi connectivity index (χ3v) is 6.31. The van der Waals surface area contributed by atoms with Crippen molar-refractivity contribution >= 4 is 12.1 Å². The molecule has 0 aromatic heterocycles. The van der Waals surface area contributed by atoms with E-state index in [1.807, 2.05) is 20.8 Å². The molecule has 0 fully saturated rings. The zero-order chi connectivity index (χ0) is 27.4. The minimum absolute atomic E-state index is 0.0328. The number of hydrogen-bond donors (Lipinski definition) is 1. The van der Waals surface area contributed by atoms with Gasteiger partial charge in [0, 0.05) is 6.54 Å². The number of ether oxygens (including phenoxy) is 2. The van der Waals surface area contributed by atoms with Crippen molar-refractivity contribution in [3.05, 3.63) is 70.8 Å². The Labute approximate surface area is 218 Å². The molecule has 0 unspecified atom stereocenters. The molecule has 0 atom stereocenters.